The van der Waals surface area contributed by atoms with Crippen LogP contribution in [0.15, 0.2) is 36.4 Å². The lowest BCUT2D eigenvalue weighted by Gasteiger charge is -2.34. The summed E-state index contributed by atoms with van der Waals surface area (Å²) in [6, 6.07) is 8.70. The minimum Gasteiger partial charge on any atom is -0.494 e. The van der Waals surface area contributed by atoms with E-state index in [4.69, 9.17) is 9.47 Å². The summed E-state index contributed by atoms with van der Waals surface area (Å²) in [5.41, 5.74) is 0.748. The second-order valence-electron chi connectivity index (χ2n) is 10.5. The van der Waals surface area contributed by atoms with Crippen molar-refractivity contribution in [1.82, 2.24) is 20.0 Å². The number of para-hydroxylation sites is 2. The molecule has 2 fully saturated rings. The van der Waals surface area contributed by atoms with Crippen molar-refractivity contribution in [3.05, 3.63) is 58.4 Å². The van der Waals surface area contributed by atoms with Gasteiger partial charge in [0, 0.05) is 5.92 Å². The molecule has 2 aliphatic rings. The van der Waals surface area contributed by atoms with Crippen molar-refractivity contribution in [3.63, 3.8) is 0 Å². The molecule has 4 aromatic rings. The highest BCUT2D eigenvalue weighted by Crippen LogP contribution is 2.44. The molecule has 14 heteroatoms. The number of alkyl halides is 3. The van der Waals surface area contributed by atoms with Crippen LogP contribution in [0.25, 0.3) is 15.9 Å². The van der Waals surface area contributed by atoms with E-state index in [-0.39, 0.29) is 35.6 Å². The third-order valence-electron chi connectivity index (χ3n) is 7.62. The molecule has 10 nitrogen and oxygen atoms in total. The van der Waals surface area contributed by atoms with Crippen molar-refractivity contribution in [1.29, 1.82) is 0 Å². The van der Waals surface area contributed by atoms with Crippen LogP contribution in [0.3, 0.4) is 0 Å². The number of aromatic nitrogens is 4. The highest BCUT2D eigenvalue weighted by Gasteiger charge is 2.39. The fourth-order valence-corrected chi connectivity index (χ4v) is 6.45. The van der Waals surface area contributed by atoms with Crippen LogP contribution in [-0.4, -0.2) is 55.7 Å². The van der Waals surface area contributed by atoms with Gasteiger partial charge in [-0.1, -0.05) is 17.3 Å². The van der Waals surface area contributed by atoms with Gasteiger partial charge in [0.15, 0.2) is 5.75 Å². The zero-order valence-corrected chi connectivity index (χ0v) is 23.2. The molecule has 2 saturated carbocycles. The highest BCUT2D eigenvalue weighted by atomic mass is 32.1. The van der Waals surface area contributed by atoms with Gasteiger partial charge in [-0.15, -0.1) is 29.6 Å². The van der Waals surface area contributed by atoms with Crippen LogP contribution >= 0.6 is 11.3 Å². The Hall–Kier alpha value is -3.75. The smallest absolute Gasteiger partial charge is 0.494 e. The molecule has 2 aliphatic carbocycles. The molecule has 0 saturated heterocycles. The Morgan fingerprint density at radius 2 is 1.88 bits per heavy atom. The molecule has 2 aromatic heterocycles. The Labute approximate surface area is 241 Å². The third kappa shape index (κ3) is 5.65. The van der Waals surface area contributed by atoms with Gasteiger partial charge < -0.3 is 24.4 Å². The Kier molecular flexibility index (Phi) is 7.31. The summed E-state index contributed by atoms with van der Waals surface area (Å²) < 4.78 is 57.0. The van der Waals surface area contributed by atoms with Crippen molar-refractivity contribution in [2.75, 3.05) is 7.11 Å². The maximum absolute atomic E-state index is 13.1. The summed E-state index contributed by atoms with van der Waals surface area (Å²) in [4.78, 5) is 16.1. The monoisotopic (exact) mass is 604 g/mol. The molecule has 222 valence electrons. The molecule has 2 heterocycles. The summed E-state index contributed by atoms with van der Waals surface area (Å²) in [5, 5.41) is 29.8. The standard InChI is InChI=1S/C28H27F3N4O6S/c1-39-21-12-16(25(36)37)13-22-24(21)32-26(42-22)27(38)10-8-17(9-11-27)40-14-19-23(15-6-7-15)33-34-35(19)18-4-2-3-5-20(18)41-28(29,30)31/h2-5,12-13,15,17,38H,6-11,14H2,1H3,(H,36,37). The summed E-state index contributed by atoms with van der Waals surface area (Å²) in [6.07, 6.45) is -1.49. The molecular weight excluding hydrogens is 577 g/mol. The number of aromatic carboxylic acids is 1. The first-order valence-electron chi connectivity index (χ1n) is 13.4. The van der Waals surface area contributed by atoms with Crippen LogP contribution in [0.4, 0.5) is 13.2 Å². The number of fused-ring (bicyclic) bond motifs is 1. The van der Waals surface area contributed by atoms with E-state index in [9.17, 15) is 28.2 Å². The average molecular weight is 605 g/mol. The number of hydrogen-bond acceptors (Lipinski definition) is 9. The van der Waals surface area contributed by atoms with Crippen molar-refractivity contribution in [2.45, 2.75) is 69.1 Å². The normalized spacial score (nSPS) is 21.0. The molecular formula is C28H27F3N4O6S. The van der Waals surface area contributed by atoms with Gasteiger partial charge in [-0.25, -0.2) is 14.5 Å². The van der Waals surface area contributed by atoms with Crippen molar-refractivity contribution < 1.29 is 42.4 Å². The van der Waals surface area contributed by atoms with Crippen LogP contribution in [-0.2, 0) is 16.9 Å². The van der Waals surface area contributed by atoms with Gasteiger partial charge in [-0.3, -0.25) is 0 Å². The minimum atomic E-state index is -4.86. The van der Waals surface area contributed by atoms with E-state index in [0.717, 1.165) is 12.8 Å². The fourth-order valence-electron chi connectivity index (χ4n) is 5.28. The first kappa shape index (κ1) is 28.4. The first-order chi connectivity index (χ1) is 20.0. The summed E-state index contributed by atoms with van der Waals surface area (Å²) >= 11 is 1.24. The number of carboxylic acid groups (broad SMARTS) is 1. The molecule has 0 bridgehead atoms. The van der Waals surface area contributed by atoms with E-state index in [1.807, 2.05) is 0 Å². The van der Waals surface area contributed by atoms with E-state index in [2.05, 4.69) is 20.0 Å². The largest absolute Gasteiger partial charge is 0.573 e. The number of aliphatic hydroxyl groups is 1. The van der Waals surface area contributed by atoms with Gasteiger partial charge >= 0.3 is 12.3 Å². The topological polar surface area (TPSA) is 129 Å². The van der Waals surface area contributed by atoms with Gasteiger partial charge in [0.1, 0.15) is 27.6 Å². The van der Waals surface area contributed by atoms with E-state index in [1.54, 1.807) is 6.07 Å². The van der Waals surface area contributed by atoms with E-state index in [0.29, 0.717) is 58.0 Å². The molecule has 2 N–H and O–H groups in total. The summed E-state index contributed by atoms with van der Waals surface area (Å²) in [6.45, 7) is 0.0819. The van der Waals surface area contributed by atoms with Gasteiger partial charge in [-0.2, -0.15) is 0 Å². The first-order valence-corrected chi connectivity index (χ1v) is 14.2. The van der Waals surface area contributed by atoms with E-state index >= 15 is 0 Å². The predicted octanol–water partition coefficient (Wildman–Crippen LogP) is 5.71. The number of benzene rings is 2. The highest BCUT2D eigenvalue weighted by molar-refractivity contribution is 7.18. The molecule has 0 aliphatic heterocycles. The molecule has 0 atom stereocenters. The van der Waals surface area contributed by atoms with Gasteiger partial charge in [-0.05, 0) is 62.8 Å². The van der Waals surface area contributed by atoms with Crippen LogP contribution < -0.4 is 9.47 Å². The Morgan fingerprint density at radius 3 is 2.55 bits per heavy atom. The number of hydrogen-bond donors (Lipinski definition) is 2. The summed E-state index contributed by atoms with van der Waals surface area (Å²) in [5.74, 6) is -0.961. The Balaban J connectivity index is 1.18. The summed E-state index contributed by atoms with van der Waals surface area (Å²) in [7, 11) is 1.44. The van der Waals surface area contributed by atoms with Crippen molar-refractivity contribution in [3.8, 4) is 17.2 Å². The number of carboxylic acids is 1. The molecule has 0 unspecified atom stereocenters. The van der Waals surface area contributed by atoms with Gasteiger partial charge in [0.05, 0.1) is 41.5 Å². The van der Waals surface area contributed by atoms with E-state index < -0.39 is 17.9 Å². The second-order valence-corrected chi connectivity index (χ2v) is 11.5. The third-order valence-corrected chi connectivity index (χ3v) is 8.81. The van der Waals surface area contributed by atoms with Crippen LogP contribution in [0.5, 0.6) is 11.5 Å². The Morgan fingerprint density at radius 1 is 1.14 bits per heavy atom. The maximum Gasteiger partial charge on any atom is 0.573 e. The van der Waals surface area contributed by atoms with E-state index in [1.165, 1.54) is 53.5 Å². The zero-order chi connectivity index (χ0) is 29.6. The van der Waals surface area contributed by atoms with Crippen molar-refractivity contribution in [2.24, 2.45) is 0 Å². The van der Waals surface area contributed by atoms with Crippen LogP contribution in [0.2, 0.25) is 0 Å². The predicted molar refractivity (Wildman–Crippen MR) is 144 cm³/mol. The SMILES string of the molecule is COc1cc(C(=O)O)cc2sc(C3(O)CCC(OCc4c(C5CC5)nnn4-c4ccccc4OC(F)(F)F)CC3)nc12. The van der Waals surface area contributed by atoms with Crippen LogP contribution in [0, 0.1) is 0 Å². The molecule has 0 radical (unpaired) electrons. The number of thiazole rings is 1. The zero-order valence-electron chi connectivity index (χ0n) is 22.4. The lowest BCUT2D eigenvalue weighted by molar-refractivity contribution is -0.274. The quantitative estimate of drug-likeness (QED) is 0.247. The lowest BCUT2D eigenvalue weighted by Crippen LogP contribution is -2.34. The number of rotatable bonds is 9. The molecule has 0 amide bonds. The number of methoxy groups -OCH3 is 1. The maximum atomic E-state index is 13.1. The average Bonchev–Trinajstić information content (AvgIpc) is 3.55. The number of nitrogens with zero attached hydrogens (tertiary/aromatic N) is 4. The number of carbonyl (C=O) groups is 1. The fraction of sp³-hybridized carbons (Fsp3) is 0.429. The van der Waals surface area contributed by atoms with Gasteiger partial charge in [0.2, 0.25) is 0 Å². The minimum absolute atomic E-state index is 0.0746. The van der Waals surface area contributed by atoms with Crippen LogP contribution in [0.1, 0.15) is 71.2 Å². The molecule has 6 rings (SSSR count). The van der Waals surface area contributed by atoms with Gasteiger partial charge in [0.25, 0.3) is 0 Å². The Bertz CT molecular complexity index is 1630. The molecule has 0 spiro atoms. The van der Waals surface area contributed by atoms with Crippen molar-refractivity contribution >= 4 is 27.5 Å². The lowest BCUT2D eigenvalue weighted by atomic mass is 9.83. The molecule has 2 aromatic carbocycles. The number of ether oxygens (including phenoxy) is 3. The second kappa shape index (κ2) is 10.8. The molecule has 42 heavy (non-hydrogen) atoms. The number of halogens is 3.